The molecule has 56 heavy (non-hydrogen) atoms. The van der Waals surface area contributed by atoms with Crippen LogP contribution in [-0.4, -0.2) is 112 Å². The molecule has 1 aliphatic carbocycles. The third-order valence-electron chi connectivity index (χ3n) is 11.9. The van der Waals surface area contributed by atoms with Crippen molar-refractivity contribution in [2.45, 2.75) is 110 Å². The standard InChI is InChI=1S/C40H58B2ClN3O10/c1-22(2)36(49)42-41-15-14-33(47)45(7)25(5)37(50)56-32-19-34(48)46(8)28-17-26(18-29(53-9)35(28)43)16-23(3)12-11-13-31(54-10)40(52)21-30(55-38(51)44-40)24(4)27-20-39(27,32)6/h11-13,17-18,22,24-25,27,30-32,41-42,52H,14-16,19-21H2,1-10H3,(H,44,51)/b13-11+,23-12+/t24-,25-,27-,30-,31+,32-,39-,40-/m0/s1. The molecule has 13 nitrogen and oxygen atoms in total. The van der Waals surface area contributed by atoms with E-state index in [4.69, 9.17) is 30.5 Å². The van der Waals surface area contributed by atoms with Crippen molar-refractivity contribution in [3.05, 3.63) is 46.5 Å². The van der Waals surface area contributed by atoms with Crippen LogP contribution in [0.2, 0.25) is 11.3 Å². The van der Waals surface area contributed by atoms with Crippen molar-refractivity contribution in [1.29, 1.82) is 0 Å². The fourth-order valence-electron chi connectivity index (χ4n) is 7.81. The van der Waals surface area contributed by atoms with Crippen molar-refractivity contribution in [2.75, 3.05) is 33.2 Å². The fraction of sp³-hybridized carbons (Fsp3) is 0.625. The van der Waals surface area contributed by atoms with E-state index < -0.39 is 47.6 Å². The van der Waals surface area contributed by atoms with Gasteiger partial charge in [-0.15, -0.1) is 0 Å². The average Bonchev–Trinajstić information content (AvgIpc) is 3.84. The Kier molecular flexibility index (Phi) is 14.9. The number of benzene rings is 1. The lowest BCUT2D eigenvalue weighted by atomic mass is 9.35. The number of carbonyl (C=O) groups excluding carboxylic acids is 5. The first-order valence-electron chi connectivity index (χ1n) is 19.5. The molecule has 1 saturated heterocycles. The second-order valence-corrected chi connectivity index (χ2v) is 16.7. The largest absolute Gasteiger partial charge is 0.495 e. The van der Waals surface area contributed by atoms with Crippen molar-refractivity contribution >= 4 is 61.2 Å². The van der Waals surface area contributed by atoms with Gasteiger partial charge in [0.05, 0.1) is 32.1 Å². The number of anilines is 1. The number of allylic oxidation sites excluding steroid dienone is 3. The molecular weight excluding hydrogens is 740 g/mol. The molecule has 8 atom stereocenters. The van der Waals surface area contributed by atoms with Gasteiger partial charge in [0.25, 0.3) is 0 Å². The van der Waals surface area contributed by atoms with Crippen molar-refractivity contribution in [1.82, 2.24) is 10.2 Å². The number of nitrogens with zero attached hydrogens (tertiary/aromatic N) is 2. The lowest BCUT2D eigenvalue weighted by Crippen LogP contribution is -2.63. The van der Waals surface area contributed by atoms with E-state index in [2.05, 4.69) is 5.32 Å². The highest BCUT2D eigenvalue weighted by Gasteiger charge is 2.62. The molecule has 0 aromatic heterocycles. The number of carbonyl (C=O) groups is 5. The topological polar surface area (TPSA) is 161 Å². The molecule has 2 fully saturated rings. The van der Waals surface area contributed by atoms with Gasteiger partial charge in [0.2, 0.25) is 11.8 Å². The quantitative estimate of drug-likeness (QED) is 0.189. The van der Waals surface area contributed by atoms with Crippen LogP contribution >= 0.6 is 11.6 Å². The molecule has 2 N–H and O–H groups in total. The Morgan fingerprint density at radius 3 is 2.52 bits per heavy atom. The summed E-state index contributed by atoms with van der Waals surface area (Å²) in [6.45, 7) is 11.1. The molecule has 4 rings (SSSR count). The summed E-state index contributed by atoms with van der Waals surface area (Å²) in [4.78, 5) is 68.9. The summed E-state index contributed by atoms with van der Waals surface area (Å²) < 4.78 is 23.2. The van der Waals surface area contributed by atoms with Crippen molar-refractivity contribution in [2.24, 2.45) is 23.2 Å². The number of alkyl carbamates (subject to hydrolysis) is 1. The SMILES string of the molecule is COc1cc2cc(c1Cl)N(C)C(=O)C[C@H](OC(=O)[C@H](C)N(C)C(=O)CCBBC(=O)C(C)C)[C@@]1(C)C[C@H]1[C@H](C)[C@@H]1C[C@@](O)(NC(=O)O1)[C@H](OC)/C=C/C=C(\C)C2. The zero-order valence-electron chi connectivity index (χ0n) is 34.5. The number of amides is 3. The molecule has 2 heterocycles. The third-order valence-corrected chi connectivity index (χ3v) is 12.3. The number of methoxy groups -OCH3 is 2. The molecular formula is C40H58B2ClN3O10. The van der Waals surface area contributed by atoms with Gasteiger partial charge in [-0.05, 0) is 56.2 Å². The fourth-order valence-corrected chi connectivity index (χ4v) is 8.13. The van der Waals surface area contributed by atoms with Crippen molar-refractivity contribution < 1.29 is 48.0 Å². The number of nitrogens with one attached hydrogen (secondary N) is 1. The number of aliphatic hydroxyl groups is 1. The highest BCUT2D eigenvalue weighted by molar-refractivity contribution is 7.16. The Bertz CT molecular complexity index is 1720. The summed E-state index contributed by atoms with van der Waals surface area (Å²) >= 11 is 6.79. The molecule has 4 bridgehead atoms. The average molecular weight is 798 g/mol. The maximum atomic E-state index is 14.2. The summed E-state index contributed by atoms with van der Waals surface area (Å²) in [5, 5.41) is 14.6. The summed E-state index contributed by atoms with van der Waals surface area (Å²) in [6, 6.07) is 2.66. The van der Waals surface area contributed by atoms with Gasteiger partial charge < -0.3 is 38.6 Å². The van der Waals surface area contributed by atoms with Crippen LogP contribution in [0.4, 0.5) is 10.5 Å². The number of ether oxygens (including phenoxy) is 4. The van der Waals surface area contributed by atoms with E-state index in [1.165, 1.54) is 31.1 Å². The van der Waals surface area contributed by atoms with Crippen LogP contribution < -0.4 is 15.0 Å². The van der Waals surface area contributed by atoms with Gasteiger partial charge in [0.15, 0.2) is 12.9 Å². The summed E-state index contributed by atoms with van der Waals surface area (Å²) in [5.74, 6) is -1.48. The van der Waals surface area contributed by atoms with Gasteiger partial charge in [-0.1, -0.05) is 69.4 Å². The van der Waals surface area contributed by atoms with Gasteiger partial charge in [0, 0.05) is 45.4 Å². The summed E-state index contributed by atoms with van der Waals surface area (Å²) in [6.07, 6.45) is 3.44. The molecule has 1 saturated carbocycles. The number of hydrogen-bond donors (Lipinski definition) is 2. The molecule has 0 radical (unpaired) electrons. The van der Waals surface area contributed by atoms with Crippen LogP contribution in [0.1, 0.15) is 72.8 Å². The maximum absolute atomic E-state index is 14.2. The molecule has 0 unspecified atom stereocenters. The predicted octanol–water partition coefficient (Wildman–Crippen LogP) is 4.16. The second-order valence-electron chi connectivity index (χ2n) is 16.3. The number of rotatable bonds is 11. The molecule has 2 aliphatic heterocycles. The molecule has 1 aromatic carbocycles. The number of likely N-dealkylation sites (N-methyl/N-ethyl adjacent to an activating group) is 1. The molecule has 1 aromatic rings. The Morgan fingerprint density at radius 2 is 1.88 bits per heavy atom. The number of hydrogen-bond acceptors (Lipinski definition) is 10. The van der Waals surface area contributed by atoms with Crippen LogP contribution in [0.3, 0.4) is 0 Å². The lowest BCUT2D eigenvalue weighted by molar-refractivity contribution is -0.163. The van der Waals surface area contributed by atoms with Crippen LogP contribution in [-0.2, 0) is 39.8 Å². The normalized spacial score (nSPS) is 30.1. The monoisotopic (exact) mass is 797 g/mol. The Labute approximate surface area is 337 Å². The van der Waals surface area contributed by atoms with Crippen LogP contribution in [0.5, 0.6) is 5.75 Å². The van der Waals surface area contributed by atoms with Crippen LogP contribution in [0, 0.1) is 23.2 Å². The first-order chi connectivity index (χ1) is 26.3. The van der Waals surface area contributed by atoms with E-state index in [1.54, 1.807) is 32.2 Å². The highest BCUT2D eigenvalue weighted by atomic mass is 35.5. The van der Waals surface area contributed by atoms with E-state index >= 15 is 0 Å². The first kappa shape index (κ1) is 44.9. The van der Waals surface area contributed by atoms with Crippen LogP contribution in [0.15, 0.2) is 35.9 Å². The number of fused-ring (bicyclic) bond motifs is 5. The maximum Gasteiger partial charge on any atom is 0.409 e. The van der Waals surface area contributed by atoms with Crippen LogP contribution in [0.25, 0.3) is 0 Å². The van der Waals surface area contributed by atoms with Gasteiger partial charge in [-0.25, -0.2) is 9.59 Å². The zero-order chi connectivity index (χ0) is 41.7. The Hall–Kier alpha value is -3.81. The highest BCUT2D eigenvalue weighted by Crippen LogP contribution is 2.61. The molecule has 16 heteroatoms. The molecule has 3 amide bonds. The Balaban J connectivity index is 1.67. The van der Waals surface area contributed by atoms with Gasteiger partial charge in [-0.2, -0.15) is 0 Å². The van der Waals surface area contributed by atoms with Gasteiger partial charge >= 0.3 is 12.1 Å². The minimum atomic E-state index is -1.78. The molecule has 0 spiro atoms. The van der Waals surface area contributed by atoms with E-state index in [0.717, 1.165) is 11.1 Å². The first-order valence-corrected chi connectivity index (χ1v) is 19.8. The smallest absolute Gasteiger partial charge is 0.409 e. The molecule has 3 aliphatic rings. The second kappa shape index (κ2) is 18.6. The van der Waals surface area contributed by atoms with E-state index in [0.29, 0.717) is 44.9 Å². The molecule has 306 valence electrons. The third kappa shape index (κ3) is 10.4. The van der Waals surface area contributed by atoms with Gasteiger partial charge in [0.1, 0.15) is 35.1 Å². The predicted molar refractivity (Wildman–Crippen MR) is 217 cm³/mol. The number of esters is 1. The summed E-state index contributed by atoms with van der Waals surface area (Å²) in [7, 11) is 7.07. The van der Waals surface area contributed by atoms with E-state index in [-0.39, 0.29) is 59.5 Å². The van der Waals surface area contributed by atoms with Crippen molar-refractivity contribution in [3.63, 3.8) is 0 Å². The zero-order valence-corrected chi connectivity index (χ0v) is 35.2. The minimum absolute atomic E-state index is 0.0177. The van der Waals surface area contributed by atoms with E-state index in [1.807, 2.05) is 46.8 Å². The van der Waals surface area contributed by atoms with Gasteiger partial charge in [-0.3, -0.25) is 14.9 Å². The lowest BCUT2D eigenvalue weighted by Gasteiger charge is -2.42. The summed E-state index contributed by atoms with van der Waals surface area (Å²) in [5.41, 5.74) is -0.195. The van der Waals surface area contributed by atoms with E-state index in [9.17, 15) is 29.1 Å². The number of halogens is 1. The Morgan fingerprint density at radius 1 is 1.18 bits per heavy atom. The minimum Gasteiger partial charge on any atom is -0.495 e. The van der Waals surface area contributed by atoms with Crippen molar-refractivity contribution in [3.8, 4) is 5.75 Å².